The normalized spacial score (nSPS) is 23.4. The van der Waals surface area contributed by atoms with Crippen LogP contribution in [0, 0.1) is 11.3 Å². The van der Waals surface area contributed by atoms with Gasteiger partial charge in [0.15, 0.2) is 0 Å². The summed E-state index contributed by atoms with van der Waals surface area (Å²) in [6.45, 7) is 3.28. The number of halogens is 3. The van der Waals surface area contributed by atoms with Gasteiger partial charge in [-0.2, -0.15) is 13.2 Å². The molecule has 0 spiro atoms. The van der Waals surface area contributed by atoms with Crippen molar-refractivity contribution in [1.29, 1.82) is 0 Å². The predicted molar refractivity (Wildman–Crippen MR) is 177 cm³/mol. The highest BCUT2D eigenvalue weighted by atomic mass is 19.4. The van der Waals surface area contributed by atoms with Crippen LogP contribution < -0.4 is 10.6 Å². The number of pyridine rings is 1. The standard InChI is InChI=1S/C37H44F3N5O3/c1-44-20-29(21-44)41-34(47)24-5-2-4-23(16-24)33(11-15-45-14-3-6-30(45)22-46)43-35(48)25-7-9-31-26(17-25)18-27-19-28(8-10-32(27)42-31)36(12-13-36)37(38,39)40/h2,4-5,7,9,16-18,28-30,33,46H,3,6,8,10-15,19-22H2,1H3,(H,41,47)(H,43,48)/t28-,30-,33+/m0/s1. The van der Waals surface area contributed by atoms with Crippen molar-refractivity contribution >= 4 is 22.7 Å². The van der Waals surface area contributed by atoms with Crippen molar-refractivity contribution in [1.82, 2.24) is 25.4 Å². The van der Waals surface area contributed by atoms with Gasteiger partial charge in [-0.05, 0) is 118 Å². The molecule has 2 saturated heterocycles. The molecule has 256 valence electrons. The smallest absolute Gasteiger partial charge is 0.394 e. The van der Waals surface area contributed by atoms with E-state index in [0.717, 1.165) is 60.2 Å². The molecule has 3 N–H and O–H groups in total. The highest BCUT2D eigenvalue weighted by Crippen LogP contribution is 2.64. The molecule has 2 aromatic carbocycles. The third-order valence-corrected chi connectivity index (χ3v) is 11.2. The van der Waals surface area contributed by atoms with Crippen molar-refractivity contribution in [3.8, 4) is 0 Å². The Kier molecular flexibility index (Phi) is 8.97. The van der Waals surface area contributed by atoms with Gasteiger partial charge in [-0.25, -0.2) is 0 Å². The summed E-state index contributed by atoms with van der Waals surface area (Å²) in [7, 11) is 2.01. The summed E-state index contributed by atoms with van der Waals surface area (Å²) in [4.78, 5) is 36.1. The quantitative estimate of drug-likeness (QED) is 0.281. The number of hydrogen-bond donors (Lipinski definition) is 3. The third kappa shape index (κ3) is 6.56. The SMILES string of the molecule is CN1CC(NC(=O)c2cccc([C@@H](CCN3CCC[C@H]3CO)NC(=O)c3ccc4nc5c(cc4c3)C[C@@H](C3(C(F)(F)F)CC3)CC5)c2)C1. The summed E-state index contributed by atoms with van der Waals surface area (Å²) in [6.07, 6.45) is 0.124. The van der Waals surface area contributed by atoms with Gasteiger partial charge in [0.1, 0.15) is 0 Å². The lowest BCUT2D eigenvalue weighted by Gasteiger charge is -2.36. The maximum Gasteiger partial charge on any atom is 0.394 e. The first-order valence-electron chi connectivity index (χ1n) is 17.3. The van der Waals surface area contributed by atoms with Crippen molar-refractivity contribution in [2.45, 2.75) is 75.7 Å². The summed E-state index contributed by atoms with van der Waals surface area (Å²) in [5, 5.41) is 16.9. The van der Waals surface area contributed by atoms with Crippen LogP contribution in [0.5, 0.6) is 0 Å². The molecular formula is C37H44F3N5O3. The molecule has 3 heterocycles. The number of aromatic nitrogens is 1. The summed E-state index contributed by atoms with van der Waals surface area (Å²) >= 11 is 0. The number of hydrogen-bond acceptors (Lipinski definition) is 6. The largest absolute Gasteiger partial charge is 0.395 e. The van der Waals surface area contributed by atoms with Crippen LogP contribution in [0.1, 0.15) is 82.1 Å². The fraction of sp³-hybridized carbons (Fsp3) is 0.541. The lowest BCUT2D eigenvalue weighted by atomic mass is 9.75. The average Bonchev–Trinajstić information content (AvgIpc) is 3.77. The van der Waals surface area contributed by atoms with Crippen LogP contribution in [0.3, 0.4) is 0 Å². The van der Waals surface area contributed by atoms with Crippen molar-refractivity contribution in [3.05, 3.63) is 76.5 Å². The number of aliphatic hydroxyl groups is 1. The monoisotopic (exact) mass is 663 g/mol. The number of alkyl halides is 3. The van der Waals surface area contributed by atoms with Crippen LogP contribution >= 0.6 is 0 Å². The molecule has 0 radical (unpaired) electrons. The molecule has 3 fully saturated rings. The number of nitrogens with one attached hydrogen (secondary N) is 2. The lowest BCUT2D eigenvalue weighted by Crippen LogP contribution is -2.57. The van der Waals surface area contributed by atoms with E-state index in [4.69, 9.17) is 4.98 Å². The highest BCUT2D eigenvalue weighted by molar-refractivity contribution is 5.98. The van der Waals surface area contributed by atoms with Crippen molar-refractivity contribution in [2.75, 3.05) is 39.8 Å². The number of fused-ring (bicyclic) bond motifs is 2. The van der Waals surface area contributed by atoms with E-state index in [1.54, 1.807) is 18.2 Å². The van der Waals surface area contributed by atoms with Crippen LogP contribution in [0.15, 0.2) is 48.5 Å². The lowest BCUT2D eigenvalue weighted by molar-refractivity contribution is -0.204. The summed E-state index contributed by atoms with van der Waals surface area (Å²) in [5.74, 6) is -0.861. The first-order chi connectivity index (χ1) is 23.0. The number of aryl methyl sites for hydroxylation is 1. The van der Waals surface area contributed by atoms with E-state index in [1.165, 1.54) is 0 Å². The van der Waals surface area contributed by atoms with E-state index in [9.17, 15) is 27.9 Å². The Balaban J connectivity index is 1.11. The predicted octanol–water partition coefficient (Wildman–Crippen LogP) is 5.04. The molecule has 7 rings (SSSR count). The van der Waals surface area contributed by atoms with E-state index < -0.39 is 23.6 Å². The first-order valence-corrected chi connectivity index (χ1v) is 17.3. The van der Waals surface area contributed by atoms with Gasteiger partial charge in [-0.3, -0.25) is 19.5 Å². The van der Waals surface area contributed by atoms with Gasteiger partial charge >= 0.3 is 6.18 Å². The van der Waals surface area contributed by atoms with E-state index in [-0.39, 0.29) is 43.3 Å². The number of benzene rings is 2. The molecule has 48 heavy (non-hydrogen) atoms. The Morgan fingerprint density at radius 2 is 1.85 bits per heavy atom. The molecule has 1 saturated carbocycles. The Labute approximate surface area is 279 Å². The van der Waals surface area contributed by atoms with Gasteiger partial charge in [-0.1, -0.05) is 12.1 Å². The van der Waals surface area contributed by atoms with Crippen molar-refractivity contribution < 1.29 is 27.9 Å². The third-order valence-electron chi connectivity index (χ3n) is 11.2. The van der Waals surface area contributed by atoms with E-state index >= 15 is 0 Å². The Morgan fingerprint density at radius 1 is 1.06 bits per heavy atom. The molecule has 3 aromatic rings. The zero-order valence-corrected chi connectivity index (χ0v) is 27.4. The van der Waals surface area contributed by atoms with Gasteiger partial charge in [-0.15, -0.1) is 0 Å². The van der Waals surface area contributed by atoms with Crippen LogP contribution in [-0.2, 0) is 12.8 Å². The second-order valence-electron chi connectivity index (χ2n) is 14.4. The average molecular weight is 664 g/mol. The van der Waals surface area contributed by atoms with E-state index in [2.05, 4.69) is 20.4 Å². The van der Waals surface area contributed by atoms with Gasteiger partial charge in [0.25, 0.3) is 11.8 Å². The molecule has 4 aliphatic rings. The van der Waals surface area contributed by atoms with Gasteiger partial charge in [0.2, 0.25) is 0 Å². The van der Waals surface area contributed by atoms with Crippen molar-refractivity contribution in [2.24, 2.45) is 11.3 Å². The molecule has 1 aromatic heterocycles. The van der Waals surface area contributed by atoms with Crippen LogP contribution in [0.25, 0.3) is 10.9 Å². The minimum Gasteiger partial charge on any atom is -0.395 e. The first kappa shape index (κ1) is 33.0. The Morgan fingerprint density at radius 3 is 2.58 bits per heavy atom. The van der Waals surface area contributed by atoms with Gasteiger partial charge < -0.3 is 20.6 Å². The van der Waals surface area contributed by atoms with Crippen LogP contribution in [0.4, 0.5) is 13.2 Å². The maximum atomic E-state index is 13.9. The second-order valence-corrected chi connectivity index (χ2v) is 14.4. The zero-order chi connectivity index (χ0) is 33.6. The van der Waals surface area contributed by atoms with E-state index in [1.807, 2.05) is 37.4 Å². The Hall–Kier alpha value is -3.54. The number of amides is 2. The molecule has 0 bridgehead atoms. The van der Waals surface area contributed by atoms with Gasteiger partial charge in [0, 0.05) is 47.9 Å². The fourth-order valence-corrected chi connectivity index (χ4v) is 8.21. The molecule has 8 nitrogen and oxygen atoms in total. The van der Waals surface area contributed by atoms with Crippen LogP contribution in [0.2, 0.25) is 0 Å². The zero-order valence-electron chi connectivity index (χ0n) is 27.4. The summed E-state index contributed by atoms with van der Waals surface area (Å²) in [6, 6.07) is 14.5. The molecule has 11 heteroatoms. The molecule has 2 aliphatic heterocycles. The topological polar surface area (TPSA) is 97.8 Å². The summed E-state index contributed by atoms with van der Waals surface area (Å²) in [5.41, 5.74) is 2.65. The number of rotatable bonds is 10. The molecule has 0 unspecified atom stereocenters. The molecule has 3 atom stereocenters. The van der Waals surface area contributed by atoms with Crippen LogP contribution in [-0.4, -0.2) is 89.8 Å². The van der Waals surface area contributed by atoms with E-state index in [0.29, 0.717) is 43.4 Å². The Bertz CT molecular complexity index is 1690. The molecule has 2 amide bonds. The number of carbonyl (C=O) groups excluding carboxylic acids is 2. The summed E-state index contributed by atoms with van der Waals surface area (Å²) < 4.78 is 41.7. The number of nitrogens with zero attached hydrogens (tertiary/aromatic N) is 3. The molecular weight excluding hydrogens is 619 g/mol. The minimum absolute atomic E-state index is 0.0931. The maximum absolute atomic E-state index is 13.9. The fourth-order valence-electron chi connectivity index (χ4n) is 8.21. The number of carbonyl (C=O) groups is 2. The minimum atomic E-state index is -4.19. The number of likely N-dealkylation sites (N-methyl/N-ethyl adjacent to an activating group) is 1. The number of likely N-dealkylation sites (tertiary alicyclic amines) is 2. The van der Waals surface area contributed by atoms with Crippen molar-refractivity contribution in [3.63, 3.8) is 0 Å². The number of aliphatic hydroxyl groups excluding tert-OH is 1. The van der Waals surface area contributed by atoms with Gasteiger partial charge in [0.05, 0.1) is 29.6 Å². The second kappa shape index (κ2) is 13.1. The highest BCUT2D eigenvalue weighted by Gasteiger charge is 2.66. The molecule has 2 aliphatic carbocycles.